The molecule has 1 aromatic carbocycles. The van der Waals surface area contributed by atoms with E-state index in [0.29, 0.717) is 0 Å². The van der Waals surface area contributed by atoms with E-state index in [9.17, 15) is 16.8 Å². The summed E-state index contributed by atoms with van der Waals surface area (Å²) in [5.74, 6) is -0.00185. The first-order valence-corrected chi connectivity index (χ1v) is 10.1. The van der Waals surface area contributed by atoms with Crippen molar-refractivity contribution in [3.8, 4) is 0 Å². The third-order valence-corrected chi connectivity index (χ3v) is 7.27. The van der Waals surface area contributed by atoms with Crippen LogP contribution in [0.25, 0.3) is 0 Å². The lowest BCUT2D eigenvalue weighted by atomic mass is 10.2. The van der Waals surface area contributed by atoms with Crippen LogP contribution >= 0.6 is 0 Å². The first-order chi connectivity index (χ1) is 9.85. The van der Waals surface area contributed by atoms with Crippen LogP contribution in [0.5, 0.6) is 0 Å². The molecule has 0 atom stereocenters. The van der Waals surface area contributed by atoms with Crippen LogP contribution in [0.15, 0.2) is 30.3 Å². The number of hydrogen-bond acceptors (Lipinski definition) is 4. The molecule has 0 aliphatic carbocycles. The Bertz CT molecular complexity index is 663. The van der Waals surface area contributed by atoms with Gasteiger partial charge in [-0.2, -0.15) is 8.61 Å². The van der Waals surface area contributed by atoms with Crippen molar-refractivity contribution in [1.82, 2.24) is 8.61 Å². The maximum absolute atomic E-state index is 12.3. The van der Waals surface area contributed by atoms with Gasteiger partial charge in [-0.25, -0.2) is 16.8 Å². The van der Waals surface area contributed by atoms with Crippen LogP contribution in [0.1, 0.15) is 12.5 Å². The van der Waals surface area contributed by atoms with Crippen molar-refractivity contribution in [2.24, 2.45) is 0 Å². The average molecular weight is 332 g/mol. The predicted molar refractivity (Wildman–Crippen MR) is 81.7 cm³/mol. The van der Waals surface area contributed by atoms with Gasteiger partial charge in [0.25, 0.3) is 0 Å². The summed E-state index contributed by atoms with van der Waals surface area (Å²) in [5, 5.41) is 0. The highest BCUT2D eigenvalue weighted by Gasteiger charge is 2.31. The number of sulfonamides is 2. The first kappa shape index (κ1) is 16.4. The summed E-state index contributed by atoms with van der Waals surface area (Å²) in [7, 11) is -6.64. The Morgan fingerprint density at radius 3 is 1.81 bits per heavy atom. The van der Waals surface area contributed by atoms with E-state index in [1.54, 1.807) is 31.2 Å². The predicted octanol–water partition coefficient (Wildman–Crippen LogP) is 0.484. The molecule has 118 valence electrons. The Labute approximate surface area is 126 Å². The van der Waals surface area contributed by atoms with Crippen molar-refractivity contribution in [3.63, 3.8) is 0 Å². The van der Waals surface area contributed by atoms with Gasteiger partial charge in [0, 0.05) is 26.2 Å². The zero-order chi connectivity index (χ0) is 15.5. The lowest BCUT2D eigenvalue weighted by Gasteiger charge is -2.33. The third kappa shape index (κ3) is 4.03. The molecule has 1 heterocycles. The SMILES string of the molecule is CCS(=O)(=O)N1CCN(S(=O)(=O)Cc2ccccc2)CC1. The second-order valence-electron chi connectivity index (χ2n) is 4.94. The van der Waals surface area contributed by atoms with Gasteiger partial charge in [0.2, 0.25) is 20.0 Å². The summed E-state index contributed by atoms with van der Waals surface area (Å²) in [6, 6.07) is 8.99. The fourth-order valence-electron chi connectivity index (χ4n) is 2.28. The lowest BCUT2D eigenvalue weighted by Crippen LogP contribution is -2.51. The average Bonchev–Trinajstić information content (AvgIpc) is 2.48. The van der Waals surface area contributed by atoms with Gasteiger partial charge in [-0.15, -0.1) is 0 Å². The van der Waals surface area contributed by atoms with Crippen LogP contribution < -0.4 is 0 Å². The molecule has 0 bridgehead atoms. The summed E-state index contributed by atoms with van der Waals surface area (Å²) in [5.41, 5.74) is 0.737. The van der Waals surface area contributed by atoms with E-state index in [4.69, 9.17) is 0 Å². The maximum Gasteiger partial charge on any atom is 0.218 e. The molecular weight excluding hydrogens is 312 g/mol. The molecule has 0 radical (unpaired) electrons. The third-order valence-electron chi connectivity index (χ3n) is 3.54. The molecule has 0 aromatic heterocycles. The van der Waals surface area contributed by atoms with E-state index >= 15 is 0 Å². The maximum atomic E-state index is 12.3. The van der Waals surface area contributed by atoms with Crippen molar-refractivity contribution in [1.29, 1.82) is 0 Å². The van der Waals surface area contributed by atoms with Crippen LogP contribution in [0.3, 0.4) is 0 Å². The smallest absolute Gasteiger partial charge is 0.212 e. The summed E-state index contributed by atoms with van der Waals surface area (Å²) in [6.07, 6.45) is 0. The van der Waals surface area contributed by atoms with Crippen molar-refractivity contribution in [3.05, 3.63) is 35.9 Å². The normalized spacial score (nSPS) is 18.7. The highest BCUT2D eigenvalue weighted by atomic mass is 32.2. The van der Waals surface area contributed by atoms with Crippen LogP contribution in [-0.4, -0.2) is 57.4 Å². The molecule has 0 saturated carbocycles. The standard InChI is InChI=1S/C13H20N2O4S2/c1-2-20(16,17)14-8-10-15(11-9-14)21(18,19)12-13-6-4-3-5-7-13/h3-7H,2,8-12H2,1H3. The van der Waals surface area contributed by atoms with Crippen molar-refractivity contribution in [2.75, 3.05) is 31.9 Å². The lowest BCUT2D eigenvalue weighted by molar-refractivity contribution is 0.273. The molecule has 6 nitrogen and oxygen atoms in total. The summed E-state index contributed by atoms with van der Waals surface area (Å²) < 4.78 is 50.9. The number of rotatable bonds is 5. The van der Waals surface area contributed by atoms with E-state index in [1.165, 1.54) is 8.61 Å². The second-order valence-corrected chi connectivity index (χ2v) is 9.17. The van der Waals surface area contributed by atoms with Crippen LogP contribution in [0.2, 0.25) is 0 Å². The fourth-order valence-corrected chi connectivity index (χ4v) is 4.89. The van der Waals surface area contributed by atoms with Gasteiger partial charge in [-0.05, 0) is 12.5 Å². The molecule has 1 aromatic rings. The summed E-state index contributed by atoms with van der Waals surface area (Å²) in [6.45, 7) is 2.48. The molecule has 1 fully saturated rings. The summed E-state index contributed by atoms with van der Waals surface area (Å²) in [4.78, 5) is 0. The van der Waals surface area contributed by atoms with E-state index in [2.05, 4.69) is 0 Å². The highest BCUT2D eigenvalue weighted by molar-refractivity contribution is 7.89. The van der Waals surface area contributed by atoms with E-state index in [1.807, 2.05) is 6.07 Å². The molecule has 1 aliphatic heterocycles. The fraction of sp³-hybridized carbons (Fsp3) is 0.538. The number of benzene rings is 1. The van der Waals surface area contributed by atoms with Crippen molar-refractivity contribution < 1.29 is 16.8 Å². The topological polar surface area (TPSA) is 74.8 Å². The molecule has 1 saturated heterocycles. The zero-order valence-electron chi connectivity index (χ0n) is 12.0. The number of hydrogen-bond donors (Lipinski definition) is 0. The van der Waals surface area contributed by atoms with Gasteiger partial charge in [0.05, 0.1) is 11.5 Å². The van der Waals surface area contributed by atoms with Crippen LogP contribution in [0, 0.1) is 0 Å². The largest absolute Gasteiger partial charge is 0.218 e. The van der Waals surface area contributed by atoms with Crippen molar-refractivity contribution in [2.45, 2.75) is 12.7 Å². The zero-order valence-corrected chi connectivity index (χ0v) is 13.6. The molecule has 0 unspecified atom stereocenters. The molecule has 21 heavy (non-hydrogen) atoms. The van der Waals surface area contributed by atoms with Crippen molar-refractivity contribution >= 4 is 20.0 Å². The van der Waals surface area contributed by atoms with Gasteiger partial charge in [0.15, 0.2) is 0 Å². The Hall–Kier alpha value is -0.960. The molecule has 0 spiro atoms. The minimum absolute atomic E-state index is 0.0454. The van der Waals surface area contributed by atoms with Crippen LogP contribution in [-0.2, 0) is 25.8 Å². The molecule has 0 N–H and O–H groups in total. The van der Waals surface area contributed by atoms with Gasteiger partial charge in [-0.1, -0.05) is 30.3 Å². The van der Waals surface area contributed by atoms with Gasteiger partial charge >= 0.3 is 0 Å². The Morgan fingerprint density at radius 2 is 1.33 bits per heavy atom. The number of nitrogens with zero attached hydrogens (tertiary/aromatic N) is 2. The van der Waals surface area contributed by atoms with Gasteiger partial charge < -0.3 is 0 Å². The van der Waals surface area contributed by atoms with E-state index in [0.717, 1.165) is 5.56 Å². The molecule has 8 heteroatoms. The van der Waals surface area contributed by atoms with Crippen LogP contribution in [0.4, 0.5) is 0 Å². The van der Waals surface area contributed by atoms with E-state index < -0.39 is 20.0 Å². The number of piperazine rings is 1. The molecule has 0 amide bonds. The molecule has 2 rings (SSSR count). The van der Waals surface area contributed by atoms with Gasteiger partial charge in [0.1, 0.15) is 0 Å². The van der Waals surface area contributed by atoms with Gasteiger partial charge in [-0.3, -0.25) is 0 Å². The minimum atomic E-state index is -3.40. The Balaban J connectivity index is 2.01. The summed E-state index contributed by atoms with van der Waals surface area (Å²) >= 11 is 0. The molecule has 1 aliphatic rings. The molecular formula is C13H20N2O4S2. The Kier molecular flexibility index (Phi) is 5.03. The Morgan fingerprint density at radius 1 is 0.857 bits per heavy atom. The quantitative estimate of drug-likeness (QED) is 0.786. The highest BCUT2D eigenvalue weighted by Crippen LogP contribution is 2.15. The van der Waals surface area contributed by atoms with E-state index in [-0.39, 0.29) is 37.7 Å². The monoisotopic (exact) mass is 332 g/mol. The first-order valence-electron chi connectivity index (χ1n) is 6.85. The second kappa shape index (κ2) is 6.43. The minimum Gasteiger partial charge on any atom is -0.212 e.